The van der Waals surface area contributed by atoms with E-state index in [1.165, 1.54) is 0 Å². The molecule has 0 aromatic carbocycles. The Bertz CT molecular complexity index is 931. The summed E-state index contributed by atoms with van der Waals surface area (Å²) in [5, 5.41) is 0. The third-order valence-corrected chi connectivity index (χ3v) is 17.8. The lowest BCUT2D eigenvalue weighted by Crippen LogP contribution is -2.97. The minimum atomic E-state index is 0.621. The first-order valence-corrected chi connectivity index (χ1v) is 27.2. The molecule has 0 saturated carbocycles. The summed E-state index contributed by atoms with van der Waals surface area (Å²) in [6, 6.07) is 0. The van der Waals surface area contributed by atoms with Gasteiger partial charge in [-0.1, -0.05) is 0 Å². The van der Waals surface area contributed by atoms with Gasteiger partial charge in [-0.3, -0.25) is 0 Å². The van der Waals surface area contributed by atoms with Crippen LogP contribution in [0, 0.1) is 0 Å². The molecule has 0 aliphatic heterocycles. The number of hydrogen-bond donors (Lipinski definition) is 0. The van der Waals surface area contributed by atoms with Crippen LogP contribution in [0.5, 0.6) is 0 Å². The van der Waals surface area contributed by atoms with Crippen LogP contribution >= 0.6 is 0 Å². The van der Waals surface area contributed by atoms with E-state index in [-0.39, 0.29) is 0 Å². The summed E-state index contributed by atoms with van der Waals surface area (Å²) in [6.45, 7) is 0. The van der Waals surface area contributed by atoms with Crippen LogP contribution in [0.1, 0.15) is 0 Å². The lowest BCUT2D eigenvalue weighted by Gasteiger charge is -2.58. The van der Waals surface area contributed by atoms with E-state index >= 15 is 0 Å². The van der Waals surface area contributed by atoms with Crippen molar-refractivity contribution in [3.05, 3.63) is 0 Å². The fraction of sp³-hybridized carbons (Fsp3) is 0. The van der Waals surface area contributed by atoms with E-state index in [0.717, 1.165) is 0 Å². The largest absolute Gasteiger partial charge is 0.0552 e. The van der Waals surface area contributed by atoms with Gasteiger partial charge in [0.1, 0.15) is 0 Å². The zero-order valence-corrected chi connectivity index (χ0v) is 47.7. The quantitative estimate of drug-likeness (QED) is 0.0709. The Morgan fingerprint density at radius 3 is 0.317 bits per heavy atom. The fourth-order valence-corrected chi connectivity index (χ4v) is 16.9. The van der Waals surface area contributed by atoms with Crippen LogP contribution in [0.3, 0.4) is 0 Å². The molecule has 0 aromatic heterocycles. The Kier molecular flexibility index (Phi) is 31.1. The van der Waals surface area contributed by atoms with E-state index in [2.05, 4.69) is 240 Å². The van der Waals surface area contributed by atoms with Crippen molar-refractivity contribution in [2.24, 2.45) is 0 Å². The Labute approximate surface area is 421 Å². The molecule has 0 spiro atoms. The average molecular weight is 711 g/mol. The smallest absolute Gasteiger partial charge is 0.00000771 e. The van der Waals surface area contributed by atoms with Crippen LogP contribution in [0.4, 0.5) is 0 Å². The second-order valence-electron chi connectivity index (χ2n) is 27.0. The minimum absolute atomic E-state index is 0.621. The van der Waals surface area contributed by atoms with Gasteiger partial charge in [-0.05, 0) is 0 Å². The predicted molar refractivity (Wildman–Crippen MR) is 432 cm³/mol. The molecule has 242 valence electrons. The van der Waals surface area contributed by atoms with Crippen molar-refractivity contribution in [1.82, 2.24) is 0 Å². The third-order valence-electron chi connectivity index (χ3n) is 17.8. The van der Waals surface area contributed by atoms with Gasteiger partial charge < -0.3 is 0 Å². The lowest BCUT2D eigenvalue weighted by atomic mass is 8.23. The van der Waals surface area contributed by atoms with E-state index in [9.17, 15) is 0 Å². The van der Waals surface area contributed by atoms with Crippen molar-refractivity contribution in [3.8, 4) is 0 Å². The summed E-state index contributed by atoms with van der Waals surface area (Å²) < 4.78 is 0. The first kappa shape index (κ1) is 63.9. The predicted octanol–water partition coefficient (Wildman–Crippen LogP) is -39.4. The molecule has 60 heavy (non-hydrogen) atoms. The summed E-state index contributed by atoms with van der Waals surface area (Å²) >= 11 is 0. The number of hydrogen-bond acceptors (Lipinski definition) is 0. The summed E-state index contributed by atoms with van der Waals surface area (Å²) in [6.07, 6.45) is 18.6. The van der Waals surface area contributed by atoms with Gasteiger partial charge in [-0.25, -0.2) is 0 Å². The van der Waals surface area contributed by atoms with Crippen LogP contribution in [0.2, 0.25) is 0 Å². The van der Waals surface area contributed by atoms with Crippen molar-refractivity contribution >= 4 is 425 Å². The zero-order chi connectivity index (χ0) is 47.7. The summed E-state index contributed by atoms with van der Waals surface area (Å²) in [5.74, 6) is 0. The van der Waals surface area contributed by atoms with Crippen molar-refractivity contribution < 1.29 is 0 Å². The molecule has 0 heterocycles. The molecule has 0 nitrogen and oxygen atoms in total. The molecule has 0 aromatic rings. The second kappa shape index (κ2) is 29.2. The van der Waals surface area contributed by atoms with Crippen LogP contribution in [0.25, 0.3) is 0 Å². The molecule has 0 aliphatic rings. The van der Waals surface area contributed by atoms with E-state index in [1.807, 2.05) is 0 Å². The molecule has 0 radical (unpaired) electrons. The topological polar surface area (TPSA) is 0 Å². The summed E-state index contributed by atoms with van der Waals surface area (Å²) in [5.41, 5.74) is 0. The standard InChI is InChI=1S/B60H62/c1-32(2)47(31)55(48(33(3)4)34(5)6)59(56(49(35(7)8)36(9)10)50(37(11)12)38(13)14)60(57(51(39(15)16)40(17)18)52(41(19)20)42(21)22)58(53(43(23)24)44(25)26)54(45(27)28)46(29)30/h1-31H2. The Morgan fingerprint density at radius 1 is 0.100 bits per heavy atom. The van der Waals surface area contributed by atoms with Gasteiger partial charge in [0.05, 0.1) is 240 Å². The Morgan fingerprint density at radius 2 is 0.200 bits per heavy atom. The highest BCUT2D eigenvalue weighted by molar-refractivity contribution is 8.38. The molecule has 0 saturated heterocycles. The monoisotopic (exact) mass is 723 g/mol. The van der Waals surface area contributed by atoms with Crippen molar-refractivity contribution in [2.75, 3.05) is 0 Å². The maximum absolute atomic E-state index is 2.77. The van der Waals surface area contributed by atoms with E-state index < -0.39 is 0 Å². The molecule has 0 fully saturated rings. The van der Waals surface area contributed by atoms with Gasteiger partial charge in [0.2, 0.25) is 0 Å². The van der Waals surface area contributed by atoms with Gasteiger partial charge in [-0.15, -0.1) is 0 Å². The highest BCUT2D eigenvalue weighted by Gasteiger charge is 2.63. The maximum Gasteiger partial charge on any atom is 0.0552 e. The highest BCUT2D eigenvalue weighted by atomic mass is 13.4. The van der Waals surface area contributed by atoms with Gasteiger partial charge >= 0.3 is 0 Å². The van der Waals surface area contributed by atoms with E-state index in [0.29, 0.717) is 185 Å². The summed E-state index contributed by atoms with van der Waals surface area (Å²) in [4.78, 5) is 0. The molecule has 0 unspecified atom stereocenters. The van der Waals surface area contributed by atoms with Crippen LogP contribution < -0.4 is 0 Å². The van der Waals surface area contributed by atoms with Crippen LogP contribution in [-0.4, -0.2) is 425 Å². The maximum atomic E-state index is 2.77. The second-order valence-corrected chi connectivity index (χ2v) is 27.0. The molecular weight excluding hydrogens is 649 g/mol. The SMILES string of the molecule is BB(B)B(B)B(B(B(B)B)B(B)B)B(B(B(B(B)B)B(B)B)B(B(B)B)B(B)B)B(B(B(B(B)B)B(B)B)B(B(B)B)B(B)B)B(B(B(B)B)B(B)B)B(B(B)B)B(B)B. The fourth-order valence-electron chi connectivity index (χ4n) is 16.9. The van der Waals surface area contributed by atoms with Crippen molar-refractivity contribution in [3.63, 3.8) is 0 Å². The van der Waals surface area contributed by atoms with Gasteiger partial charge in [0, 0.05) is 185 Å². The van der Waals surface area contributed by atoms with Crippen molar-refractivity contribution in [2.45, 2.75) is 0 Å². The van der Waals surface area contributed by atoms with E-state index in [1.54, 1.807) is 0 Å². The van der Waals surface area contributed by atoms with Crippen molar-refractivity contribution in [1.29, 1.82) is 0 Å². The lowest BCUT2D eigenvalue weighted by molar-refractivity contribution is 3.17. The normalized spacial score (nSPS) is 9.73. The first-order chi connectivity index (χ1) is 27.2. The highest BCUT2D eigenvalue weighted by Crippen LogP contribution is 2.24. The molecule has 0 bridgehead atoms. The minimum Gasteiger partial charge on any atom is 0.00000771 e. The molecule has 0 amide bonds. The van der Waals surface area contributed by atoms with Gasteiger partial charge in [0.25, 0.3) is 0 Å². The summed E-state index contributed by atoms with van der Waals surface area (Å²) in [7, 11) is 82.1. The van der Waals surface area contributed by atoms with Crippen LogP contribution in [0.15, 0.2) is 0 Å². The number of rotatable bonds is 28. The molecule has 60 heteroatoms. The molecule has 0 atom stereocenters. The van der Waals surface area contributed by atoms with Crippen LogP contribution in [-0.2, 0) is 0 Å². The van der Waals surface area contributed by atoms with E-state index in [4.69, 9.17) is 0 Å². The first-order valence-electron chi connectivity index (χ1n) is 27.2. The third kappa shape index (κ3) is 17.1. The zero-order valence-electron chi connectivity index (χ0n) is 47.7. The molecule has 0 aliphatic carbocycles. The molecular formula is H62B60. The van der Waals surface area contributed by atoms with Gasteiger partial charge in [-0.2, -0.15) is 0 Å². The Balaban J connectivity index is 10.7. The average Bonchev–Trinajstić information content (AvgIpc) is 3.02. The molecule has 0 rings (SSSR count). The Hall–Kier alpha value is 3.90. The van der Waals surface area contributed by atoms with Gasteiger partial charge in [0.15, 0.2) is 0 Å². The molecule has 0 N–H and O–H groups in total.